The van der Waals surface area contributed by atoms with Crippen molar-refractivity contribution in [2.45, 2.75) is 45.3 Å². The summed E-state index contributed by atoms with van der Waals surface area (Å²) in [5.74, 6) is 0.925. The zero-order chi connectivity index (χ0) is 15.7. The standard InChI is InChI=1S/C15H19F3N2S/c1-4-14(3)7-8-21-13(20-14)19-12-9-11(15(16,17)18)6-5-10(12)2/h5-6,9H,4,7-8H2,1-3H3,(H,19,20). The third-order valence-corrected chi connectivity index (χ3v) is 4.69. The molecule has 0 aromatic heterocycles. The minimum absolute atomic E-state index is 0.122. The lowest BCUT2D eigenvalue weighted by molar-refractivity contribution is -0.137. The van der Waals surface area contributed by atoms with E-state index in [0.29, 0.717) is 10.9 Å². The van der Waals surface area contributed by atoms with E-state index < -0.39 is 11.7 Å². The Bertz CT molecular complexity index is 554. The Balaban J connectivity index is 2.27. The fourth-order valence-corrected chi connectivity index (χ4v) is 3.27. The minimum Gasteiger partial charge on any atom is -0.335 e. The molecule has 6 heteroatoms. The van der Waals surface area contributed by atoms with E-state index >= 15 is 0 Å². The zero-order valence-electron chi connectivity index (χ0n) is 12.3. The Hall–Kier alpha value is -1.17. The zero-order valence-corrected chi connectivity index (χ0v) is 13.2. The van der Waals surface area contributed by atoms with Gasteiger partial charge in [0.15, 0.2) is 5.17 Å². The Morgan fingerprint density at radius 2 is 2.10 bits per heavy atom. The van der Waals surface area contributed by atoms with Crippen molar-refractivity contribution in [2.24, 2.45) is 4.99 Å². The molecule has 1 heterocycles. The summed E-state index contributed by atoms with van der Waals surface area (Å²) in [5.41, 5.74) is 0.477. The molecular formula is C15H19F3N2S. The minimum atomic E-state index is -4.33. The van der Waals surface area contributed by atoms with Gasteiger partial charge in [0.05, 0.1) is 11.1 Å². The SMILES string of the molecule is CCC1(C)CCSC(Nc2cc(C(F)(F)F)ccc2C)=N1. The van der Waals surface area contributed by atoms with Crippen molar-refractivity contribution in [3.63, 3.8) is 0 Å². The van der Waals surface area contributed by atoms with Gasteiger partial charge >= 0.3 is 6.18 Å². The quantitative estimate of drug-likeness (QED) is 0.822. The van der Waals surface area contributed by atoms with Crippen LogP contribution in [0.1, 0.15) is 37.8 Å². The molecule has 0 aliphatic carbocycles. The van der Waals surface area contributed by atoms with Crippen molar-refractivity contribution >= 4 is 22.6 Å². The highest BCUT2D eigenvalue weighted by atomic mass is 32.2. The summed E-state index contributed by atoms with van der Waals surface area (Å²) < 4.78 is 38.4. The maximum Gasteiger partial charge on any atom is 0.416 e. The lowest BCUT2D eigenvalue weighted by Crippen LogP contribution is -2.29. The molecule has 0 bridgehead atoms. The van der Waals surface area contributed by atoms with Crippen LogP contribution in [-0.2, 0) is 6.18 Å². The van der Waals surface area contributed by atoms with Gasteiger partial charge < -0.3 is 5.32 Å². The van der Waals surface area contributed by atoms with Crippen molar-refractivity contribution < 1.29 is 13.2 Å². The van der Waals surface area contributed by atoms with Crippen LogP contribution < -0.4 is 5.32 Å². The number of amidine groups is 1. The molecule has 0 spiro atoms. The van der Waals surface area contributed by atoms with E-state index in [2.05, 4.69) is 24.2 Å². The van der Waals surface area contributed by atoms with Gasteiger partial charge in [-0.25, -0.2) is 0 Å². The molecule has 0 amide bonds. The summed E-state index contributed by atoms with van der Waals surface area (Å²) in [6.45, 7) is 5.94. The number of rotatable bonds is 2. The number of aryl methyl sites for hydroxylation is 1. The highest BCUT2D eigenvalue weighted by Gasteiger charge is 2.31. The molecule has 0 saturated heterocycles. The maximum atomic E-state index is 12.8. The Kier molecular flexibility index (Phi) is 4.56. The first-order valence-corrected chi connectivity index (χ1v) is 7.89. The van der Waals surface area contributed by atoms with E-state index in [0.717, 1.165) is 36.3 Å². The number of thioether (sulfide) groups is 1. The van der Waals surface area contributed by atoms with Gasteiger partial charge in [-0.15, -0.1) is 0 Å². The lowest BCUT2D eigenvalue weighted by atomic mass is 9.97. The van der Waals surface area contributed by atoms with Gasteiger partial charge in [0, 0.05) is 11.4 Å². The van der Waals surface area contributed by atoms with Crippen LogP contribution in [0.3, 0.4) is 0 Å². The van der Waals surface area contributed by atoms with Gasteiger partial charge in [0.2, 0.25) is 0 Å². The monoisotopic (exact) mass is 316 g/mol. The van der Waals surface area contributed by atoms with Crippen molar-refractivity contribution in [3.8, 4) is 0 Å². The van der Waals surface area contributed by atoms with E-state index in [1.165, 1.54) is 6.07 Å². The van der Waals surface area contributed by atoms with Gasteiger partial charge in [-0.2, -0.15) is 13.2 Å². The van der Waals surface area contributed by atoms with Crippen LogP contribution in [0.5, 0.6) is 0 Å². The summed E-state index contributed by atoms with van der Waals surface area (Å²) in [7, 11) is 0. The fraction of sp³-hybridized carbons (Fsp3) is 0.533. The average Bonchev–Trinajstić information content (AvgIpc) is 2.40. The summed E-state index contributed by atoms with van der Waals surface area (Å²) >= 11 is 1.56. The third-order valence-electron chi connectivity index (χ3n) is 3.82. The largest absolute Gasteiger partial charge is 0.416 e. The van der Waals surface area contributed by atoms with Crippen LogP contribution in [0.15, 0.2) is 23.2 Å². The molecule has 1 atom stereocenters. The number of alkyl halides is 3. The number of anilines is 1. The molecule has 0 radical (unpaired) electrons. The molecule has 2 rings (SSSR count). The van der Waals surface area contributed by atoms with E-state index in [9.17, 15) is 13.2 Å². The molecule has 1 N–H and O–H groups in total. The maximum absolute atomic E-state index is 12.8. The number of hydrogen-bond donors (Lipinski definition) is 1. The first-order valence-electron chi connectivity index (χ1n) is 6.91. The molecular weight excluding hydrogens is 297 g/mol. The number of nitrogens with one attached hydrogen (secondary N) is 1. The predicted octanol–water partition coefficient (Wildman–Crippen LogP) is 5.09. The highest BCUT2D eigenvalue weighted by molar-refractivity contribution is 8.14. The van der Waals surface area contributed by atoms with Crippen LogP contribution >= 0.6 is 11.8 Å². The average molecular weight is 316 g/mol. The molecule has 1 aliphatic heterocycles. The molecule has 0 saturated carbocycles. The molecule has 1 unspecified atom stereocenters. The topological polar surface area (TPSA) is 24.4 Å². The second-order valence-electron chi connectivity index (χ2n) is 5.52. The molecule has 2 nitrogen and oxygen atoms in total. The van der Waals surface area contributed by atoms with E-state index in [1.54, 1.807) is 18.7 Å². The molecule has 0 fully saturated rings. The highest BCUT2D eigenvalue weighted by Crippen LogP contribution is 2.34. The second-order valence-corrected chi connectivity index (χ2v) is 6.60. The summed E-state index contributed by atoms with van der Waals surface area (Å²) in [6, 6.07) is 3.74. The second kappa shape index (κ2) is 5.91. The molecule has 1 aromatic carbocycles. The van der Waals surface area contributed by atoms with Crippen molar-refractivity contribution in [3.05, 3.63) is 29.3 Å². The van der Waals surface area contributed by atoms with Gasteiger partial charge in [0.25, 0.3) is 0 Å². The van der Waals surface area contributed by atoms with E-state index in [1.807, 2.05) is 0 Å². The van der Waals surface area contributed by atoms with Gasteiger partial charge in [0.1, 0.15) is 0 Å². The van der Waals surface area contributed by atoms with Crippen molar-refractivity contribution in [1.82, 2.24) is 0 Å². The number of benzene rings is 1. The number of hydrogen-bond acceptors (Lipinski definition) is 3. The Morgan fingerprint density at radius 3 is 2.71 bits per heavy atom. The number of aliphatic imine (C=N–C) groups is 1. The van der Waals surface area contributed by atoms with E-state index in [-0.39, 0.29) is 5.54 Å². The number of nitrogens with zero attached hydrogens (tertiary/aromatic N) is 1. The molecule has 1 aliphatic rings. The van der Waals surface area contributed by atoms with Crippen LogP contribution in [0.25, 0.3) is 0 Å². The summed E-state index contributed by atoms with van der Waals surface area (Å²) in [6.07, 6.45) is -2.43. The number of halogens is 3. The van der Waals surface area contributed by atoms with Crippen LogP contribution in [0.4, 0.5) is 18.9 Å². The fourth-order valence-electron chi connectivity index (χ4n) is 2.07. The molecule has 21 heavy (non-hydrogen) atoms. The smallest absolute Gasteiger partial charge is 0.335 e. The van der Waals surface area contributed by atoms with Gasteiger partial charge in [-0.05, 0) is 44.4 Å². The summed E-state index contributed by atoms with van der Waals surface area (Å²) in [4.78, 5) is 4.65. The van der Waals surface area contributed by atoms with Crippen LogP contribution in [-0.4, -0.2) is 16.5 Å². The Morgan fingerprint density at radius 1 is 1.38 bits per heavy atom. The predicted molar refractivity (Wildman–Crippen MR) is 83.0 cm³/mol. The third kappa shape index (κ3) is 3.93. The van der Waals surface area contributed by atoms with E-state index in [4.69, 9.17) is 0 Å². The Labute approximate surface area is 127 Å². The van der Waals surface area contributed by atoms with Crippen LogP contribution in [0, 0.1) is 6.92 Å². The first-order chi connectivity index (χ1) is 9.73. The summed E-state index contributed by atoms with van der Waals surface area (Å²) in [5, 5.41) is 3.77. The lowest BCUT2D eigenvalue weighted by Gasteiger charge is -2.29. The molecule has 116 valence electrons. The van der Waals surface area contributed by atoms with Gasteiger partial charge in [-0.1, -0.05) is 24.8 Å². The van der Waals surface area contributed by atoms with Crippen molar-refractivity contribution in [2.75, 3.05) is 11.1 Å². The van der Waals surface area contributed by atoms with Crippen LogP contribution in [0.2, 0.25) is 0 Å². The van der Waals surface area contributed by atoms with Gasteiger partial charge in [-0.3, -0.25) is 4.99 Å². The van der Waals surface area contributed by atoms with Crippen molar-refractivity contribution in [1.29, 1.82) is 0 Å². The molecule has 1 aromatic rings. The first kappa shape index (κ1) is 16.2. The normalized spacial score (nSPS) is 22.9.